The Morgan fingerprint density at radius 1 is 1.39 bits per heavy atom. The van der Waals surface area contributed by atoms with Crippen LogP contribution in [0.1, 0.15) is 31.9 Å². The summed E-state index contributed by atoms with van der Waals surface area (Å²) in [7, 11) is 3.30. The average molecular weight is 250 g/mol. The first kappa shape index (κ1) is 13.1. The molecule has 4 nitrogen and oxygen atoms in total. The standard InChI is InChI=1S/C14H22N2O2/c1-10(11-5-4-6-11)16-9-12-14(18-3)13(17-2)7-8-15-12/h7-8,10-11,16H,4-6,9H2,1-3H3. The summed E-state index contributed by atoms with van der Waals surface area (Å²) in [5, 5.41) is 3.53. The van der Waals surface area contributed by atoms with Crippen molar-refractivity contribution in [3.8, 4) is 11.5 Å². The van der Waals surface area contributed by atoms with Crippen LogP contribution in [0.2, 0.25) is 0 Å². The van der Waals surface area contributed by atoms with Crippen LogP contribution in [0, 0.1) is 5.92 Å². The van der Waals surface area contributed by atoms with Crippen LogP contribution in [-0.4, -0.2) is 25.2 Å². The number of rotatable bonds is 6. The van der Waals surface area contributed by atoms with E-state index in [0.717, 1.165) is 29.7 Å². The van der Waals surface area contributed by atoms with E-state index in [-0.39, 0.29) is 0 Å². The van der Waals surface area contributed by atoms with Crippen molar-refractivity contribution in [3.05, 3.63) is 18.0 Å². The number of hydrogen-bond donors (Lipinski definition) is 1. The van der Waals surface area contributed by atoms with Crippen LogP contribution in [0.4, 0.5) is 0 Å². The molecule has 0 aromatic carbocycles. The lowest BCUT2D eigenvalue weighted by atomic mass is 9.80. The lowest BCUT2D eigenvalue weighted by Gasteiger charge is -2.32. The summed E-state index contributed by atoms with van der Waals surface area (Å²) in [4.78, 5) is 4.37. The number of hydrogen-bond acceptors (Lipinski definition) is 4. The van der Waals surface area contributed by atoms with Crippen LogP contribution in [0.15, 0.2) is 12.3 Å². The molecule has 0 saturated heterocycles. The summed E-state index contributed by atoms with van der Waals surface area (Å²) in [6, 6.07) is 2.36. The Labute approximate surface area is 109 Å². The number of methoxy groups -OCH3 is 2. The van der Waals surface area contributed by atoms with E-state index in [1.165, 1.54) is 19.3 Å². The molecule has 1 aliphatic rings. The maximum atomic E-state index is 5.37. The molecule has 0 bridgehead atoms. The smallest absolute Gasteiger partial charge is 0.183 e. The molecule has 100 valence electrons. The number of ether oxygens (including phenoxy) is 2. The molecule has 1 aliphatic carbocycles. The van der Waals surface area contributed by atoms with E-state index in [4.69, 9.17) is 9.47 Å². The van der Waals surface area contributed by atoms with Gasteiger partial charge in [-0.1, -0.05) is 6.42 Å². The molecule has 0 amide bonds. The second kappa shape index (κ2) is 6.05. The molecule has 1 N–H and O–H groups in total. The topological polar surface area (TPSA) is 43.4 Å². The van der Waals surface area contributed by atoms with Gasteiger partial charge in [-0.2, -0.15) is 0 Å². The minimum absolute atomic E-state index is 0.538. The van der Waals surface area contributed by atoms with Gasteiger partial charge in [0.25, 0.3) is 0 Å². The first-order valence-corrected chi connectivity index (χ1v) is 6.55. The van der Waals surface area contributed by atoms with Crippen molar-refractivity contribution >= 4 is 0 Å². The predicted octanol–water partition coefficient (Wildman–Crippen LogP) is 2.38. The van der Waals surface area contributed by atoms with Gasteiger partial charge in [0.1, 0.15) is 0 Å². The number of nitrogens with zero attached hydrogens (tertiary/aromatic N) is 1. The second-order valence-electron chi connectivity index (χ2n) is 4.85. The largest absolute Gasteiger partial charge is 0.493 e. The van der Waals surface area contributed by atoms with E-state index in [1.807, 2.05) is 6.07 Å². The van der Waals surface area contributed by atoms with Crippen LogP contribution >= 0.6 is 0 Å². The zero-order valence-corrected chi connectivity index (χ0v) is 11.4. The van der Waals surface area contributed by atoms with Crippen molar-refractivity contribution in [3.63, 3.8) is 0 Å². The van der Waals surface area contributed by atoms with Crippen LogP contribution in [-0.2, 0) is 6.54 Å². The molecular formula is C14H22N2O2. The number of aromatic nitrogens is 1. The fraction of sp³-hybridized carbons (Fsp3) is 0.643. The van der Waals surface area contributed by atoms with Crippen LogP contribution in [0.3, 0.4) is 0 Å². The lowest BCUT2D eigenvalue weighted by molar-refractivity contribution is 0.238. The monoisotopic (exact) mass is 250 g/mol. The van der Waals surface area contributed by atoms with Crippen molar-refractivity contribution in [1.29, 1.82) is 0 Å². The Balaban J connectivity index is 1.99. The number of nitrogens with one attached hydrogen (secondary N) is 1. The Kier molecular flexibility index (Phi) is 4.42. The zero-order chi connectivity index (χ0) is 13.0. The van der Waals surface area contributed by atoms with Gasteiger partial charge in [-0.15, -0.1) is 0 Å². The Hall–Kier alpha value is -1.29. The predicted molar refractivity (Wildman–Crippen MR) is 71.0 cm³/mol. The molecule has 0 spiro atoms. The highest BCUT2D eigenvalue weighted by Crippen LogP contribution is 2.31. The van der Waals surface area contributed by atoms with Crippen molar-refractivity contribution in [2.75, 3.05) is 14.2 Å². The third kappa shape index (κ3) is 2.75. The third-order valence-corrected chi connectivity index (χ3v) is 3.81. The van der Waals surface area contributed by atoms with Crippen molar-refractivity contribution in [1.82, 2.24) is 10.3 Å². The molecule has 4 heteroatoms. The molecular weight excluding hydrogens is 228 g/mol. The highest BCUT2D eigenvalue weighted by atomic mass is 16.5. The molecule has 0 aliphatic heterocycles. The summed E-state index contributed by atoms with van der Waals surface area (Å²) in [5.74, 6) is 2.29. The molecule has 1 heterocycles. The summed E-state index contributed by atoms with van der Waals surface area (Å²) in [5.41, 5.74) is 0.906. The molecule has 1 unspecified atom stereocenters. The second-order valence-corrected chi connectivity index (χ2v) is 4.85. The van der Waals surface area contributed by atoms with Gasteiger partial charge >= 0.3 is 0 Å². The highest BCUT2D eigenvalue weighted by molar-refractivity contribution is 5.42. The minimum Gasteiger partial charge on any atom is -0.493 e. The van der Waals surface area contributed by atoms with Gasteiger partial charge < -0.3 is 14.8 Å². The summed E-state index contributed by atoms with van der Waals surface area (Å²) < 4.78 is 10.6. The van der Waals surface area contributed by atoms with Gasteiger partial charge in [0.05, 0.1) is 19.9 Å². The Bertz CT molecular complexity index is 391. The molecule has 1 saturated carbocycles. The van der Waals surface area contributed by atoms with Crippen LogP contribution in [0.25, 0.3) is 0 Å². The summed E-state index contributed by atoms with van der Waals surface area (Å²) in [6.07, 6.45) is 5.82. The zero-order valence-electron chi connectivity index (χ0n) is 11.4. The molecule has 0 radical (unpaired) electrons. The van der Waals surface area contributed by atoms with Crippen LogP contribution in [0.5, 0.6) is 11.5 Å². The van der Waals surface area contributed by atoms with Crippen molar-refractivity contribution < 1.29 is 9.47 Å². The van der Waals surface area contributed by atoms with Crippen molar-refractivity contribution in [2.45, 2.75) is 38.8 Å². The Morgan fingerprint density at radius 3 is 2.72 bits per heavy atom. The van der Waals surface area contributed by atoms with E-state index in [2.05, 4.69) is 17.2 Å². The van der Waals surface area contributed by atoms with Gasteiger partial charge in [0, 0.05) is 24.8 Å². The maximum Gasteiger partial charge on any atom is 0.183 e. The first-order valence-electron chi connectivity index (χ1n) is 6.55. The molecule has 2 rings (SSSR count). The van der Waals surface area contributed by atoms with Crippen molar-refractivity contribution in [2.24, 2.45) is 5.92 Å². The fourth-order valence-electron chi connectivity index (χ4n) is 2.34. The average Bonchev–Trinajstić information content (AvgIpc) is 2.33. The molecule has 1 aromatic rings. The molecule has 1 atom stereocenters. The SMILES string of the molecule is COc1ccnc(CNC(C)C2CCC2)c1OC. The third-order valence-electron chi connectivity index (χ3n) is 3.81. The van der Waals surface area contributed by atoms with Gasteiger partial charge in [0.2, 0.25) is 0 Å². The highest BCUT2D eigenvalue weighted by Gasteiger charge is 2.23. The van der Waals surface area contributed by atoms with E-state index >= 15 is 0 Å². The Morgan fingerprint density at radius 2 is 2.17 bits per heavy atom. The molecule has 1 fully saturated rings. The lowest BCUT2D eigenvalue weighted by Crippen LogP contribution is -2.36. The summed E-state index contributed by atoms with van der Waals surface area (Å²) >= 11 is 0. The quantitative estimate of drug-likeness (QED) is 0.842. The normalized spacial score (nSPS) is 17.1. The minimum atomic E-state index is 0.538. The molecule has 18 heavy (non-hydrogen) atoms. The van der Waals surface area contributed by atoms with Gasteiger partial charge in [-0.25, -0.2) is 0 Å². The molecule has 1 aromatic heterocycles. The van der Waals surface area contributed by atoms with Gasteiger partial charge in [0.15, 0.2) is 11.5 Å². The van der Waals surface area contributed by atoms with Gasteiger partial charge in [-0.3, -0.25) is 4.98 Å². The van der Waals surface area contributed by atoms with Gasteiger partial charge in [-0.05, 0) is 25.7 Å². The van der Waals surface area contributed by atoms with E-state index in [1.54, 1.807) is 20.4 Å². The fourth-order valence-corrected chi connectivity index (χ4v) is 2.34. The first-order chi connectivity index (χ1) is 8.76. The van der Waals surface area contributed by atoms with E-state index < -0.39 is 0 Å². The summed E-state index contributed by atoms with van der Waals surface area (Å²) in [6.45, 7) is 2.97. The van der Waals surface area contributed by atoms with Crippen LogP contribution < -0.4 is 14.8 Å². The van der Waals surface area contributed by atoms with E-state index in [9.17, 15) is 0 Å². The maximum absolute atomic E-state index is 5.37. The number of pyridine rings is 1. The van der Waals surface area contributed by atoms with E-state index in [0.29, 0.717) is 6.04 Å².